The van der Waals surface area contributed by atoms with E-state index in [1.807, 2.05) is 93.6 Å². The maximum atomic E-state index is 13.8. The molecule has 0 saturated carbocycles. The number of carbonyl (C=O) groups excluding carboxylic acids is 3. The van der Waals surface area contributed by atoms with E-state index in [2.05, 4.69) is 20.9 Å². The highest BCUT2D eigenvalue weighted by Crippen LogP contribution is 2.26. The highest BCUT2D eigenvalue weighted by molar-refractivity contribution is 5.87. The second-order valence-corrected chi connectivity index (χ2v) is 15.0. The zero-order valence-electron chi connectivity index (χ0n) is 30.8. The van der Waals surface area contributed by atoms with Gasteiger partial charge in [-0.3, -0.25) is 19.5 Å². The van der Waals surface area contributed by atoms with Crippen LogP contribution in [0.25, 0.3) is 11.3 Å². The van der Waals surface area contributed by atoms with Crippen LogP contribution in [0.15, 0.2) is 79.0 Å². The van der Waals surface area contributed by atoms with Crippen molar-refractivity contribution < 1.29 is 34.1 Å². The maximum absolute atomic E-state index is 13.8. The summed E-state index contributed by atoms with van der Waals surface area (Å²) >= 11 is 0. The van der Waals surface area contributed by atoms with Crippen molar-refractivity contribution in [1.82, 2.24) is 25.8 Å². The molecule has 0 aliphatic heterocycles. The van der Waals surface area contributed by atoms with Gasteiger partial charge in [-0.15, -0.1) is 0 Å². The third kappa shape index (κ3) is 12.1. The molecule has 3 aromatic rings. The van der Waals surface area contributed by atoms with Gasteiger partial charge in [0.1, 0.15) is 12.1 Å². The molecule has 0 spiro atoms. The molecule has 0 aliphatic carbocycles. The van der Waals surface area contributed by atoms with Crippen LogP contribution in [0.1, 0.15) is 59.1 Å². The molecule has 0 bridgehead atoms. The van der Waals surface area contributed by atoms with Gasteiger partial charge in [-0.05, 0) is 53.4 Å². The molecule has 0 aliphatic rings. The summed E-state index contributed by atoms with van der Waals surface area (Å²) < 4.78 is 4.78. The lowest BCUT2D eigenvalue weighted by molar-refractivity contribution is -0.131. The lowest BCUT2D eigenvalue weighted by Gasteiger charge is -2.37. The van der Waals surface area contributed by atoms with Crippen LogP contribution in [0.3, 0.4) is 0 Å². The number of amides is 4. The summed E-state index contributed by atoms with van der Waals surface area (Å²) in [4.78, 5) is 57.2. The predicted molar refractivity (Wildman–Crippen MR) is 196 cm³/mol. The minimum Gasteiger partial charge on any atom is -0.465 e. The van der Waals surface area contributed by atoms with Crippen molar-refractivity contribution in [3.8, 4) is 11.3 Å². The van der Waals surface area contributed by atoms with Gasteiger partial charge in [-0.1, -0.05) is 102 Å². The summed E-state index contributed by atoms with van der Waals surface area (Å²) in [7, 11) is 2.57. The second-order valence-electron chi connectivity index (χ2n) is 15.0. The van der Waals surface area contributed by atoms with E-state index in [1.54, 1.807) is 27.0 Å². The van der Waals surface area contributed by atoms with Crippen molar-refractivity contribution in [2.75, 3.05) is 14.2 Å². The van der Waals surface area contributed by atoms with Gasteiger partial charge in [-0.25, -0.2) is 9.59 Å². The Kier molecular flexibility index (Phi) is 14.1. The molecule has 0 unspecified atom stereocenters. The molecule has 3 rings (SSSR count). The average Bonchev–Trinajstić information content (AvgIpc) is 3.06. The monoisotopic (exact) mass is 703 g/mol. The molecule has 0 saturated heterocycles. The number of ether oxygens (including phenoxy) is 1. The summed E-state index contributed by atoms with van der Waals surface area (Å²) in [6.45, 7) is 10.8. The molecule has 4 amide bonds. The normalized spacial score (nSPS) is 14.6. The number of alkyl carbamates (subject to hydrolysis) is 1. The molecule has 0 fully saturated rings. The lowest BCUT2D eigenvalue weighted by Crippen LogP contribution is -2.59. The summed E-state index contributed by atoms with van der Waals surface area (Å²) in [5, 5.41) is 30.3. The highest BCUT2D eigenvalue weighted by Gasteiger charge is 2.39. The number of aliphatic hydroxyl groups excluding tert-OH is 1. The van der Waals surface area contributed by atoms with Crippen LogP contribution in [0.5, 0.6) is 0 Å². The zero-order valence-corrected chi connectivity index (χ0v) is 30.8. The van der Waals surface area contributed by atoms with E-state index < -0.39 is 65.1 Å². The molecule has 5 N–H and O–H groups in total. The molecular formula is C39H53N5O7. The van der Waals surface area contributed by atoms with Crippen molar-refractivity contribution in [2.45, 2.75) is 91.1 Å². The fourth-order valence-corrected chi connectivity index (χ4v) is 6.09. The molecule has 1 heterocycles. The van der Waals surface area contributed by atoms with E-state index in [0.717, 1.165) is 27.3 Å². The summed E-state index contributed by atoms with van der Waals surface area (Å²) in [5.41, 5.74) is 2.01. The van der Waals surface area contributed by atoms with Crippen LogP contribution in [0.2, 0.25) is 0 Å². The number of likely N-dealkylation sites (N-methyl/N-ethyl adjacent to an activating group) is 1. The Labute approximate surface area is 301 Å². The topological polar surface area (TPSA) is 170 Å². The van der Waals surface area contributed by atoms with Crippen molar-refractivity contribution in [3.05, 3.63) is 90.1 Å². The average molecular weight is 704 g/mol. The number of pyridine rings is 1. The van der Waals surface area contributed by atoms with Gasteiger partial charge in [0.2, 0.25) is 11.8 Å². The molecule has 1 aromatic heterocycles. The fourth-order valence-electron chi connectivity index (χ4n) is 6.09. The Balaban J connectivity index is 1.97. The largest absolute Gasteiger partial charge is 0.465 e. The number of nitrogens with zero attached hydrogens (tertiary/aromatic N) is 2. The number of rotatable bonds is 14. The minimum atomic E-state index is -1.25. The Hall–Kier alpha value is -4.97. The van der Waals surface area contributed by atoms with Gasteiger partial charge < -0.3 is 30.9 Å². The van der Waals surface area contributed by atoms with Gasteiger partial charge in [0, 0.05) is 24.8 Å². The van der Waals surface area contributed by atoms with Gasteiger partial charge >= 0.3 is 12.2 Å². The number of carboxylic acid groups (broad SMARTS) is 1. The third-order valence-corrected chi connectivity index (χ3v) is 8.69. The number of aromatic nitrogens is 1. The van der Waals surface area contributed by atoms with Gasteiger partial charge in [0.15, 0.2) is 0 Å². The summed E-state index contributed by atoms with van der Waals surface area (Å²) in [6, 6.07) is 19.2. The number of nitrogens with one attached hydrogen (secondary N) is 3. The molecule has 12 heteroatoms. The number of hydrogen-bond donors (Lipinski definition) is 5. The van der Waals surface area contributed by atoms with Gasteiger partial charge in [0.25, 0.3) is 0 Å². The Morgan fingerprint density at radius 3 is 1.92 bits per heavy atom. The van der Waals surface area contributed by atoms with Gasteiger partial charge in [-0.2, -0.15) is 0 Å². The molecule has 2 aromatic carbocycles. The number of benzene rings is 2. The van der Waals surface area contributed by atoms with Crippen molar-refractivity contribution >= 4 is 24.0 Å². The van der Waals surface area contributed by atoms with Crippen LogP contribution in [0, 0.1) is 10.8 Å². The fraction of sp³-hybridized carbons (Fsp3) is 0.462. The first-order chi connectivity index (χ1) is 23.9. The van der Waals surface area contributed by atoms with E-state index in [1.165, 1.54) is 14.2 Å². The number of hydrogen-bond acceptors (Lipinski definition) is 7. The van der Waals surface area contributed by atoms with Crippen molar-refractivity contribution in [1.29, 1.82) is 0 Å². The molecule has 51 heavy (non-hydrogen) atoms. The second kappa shape index (κ2) is 17.8. The SMILES string of the molecule is COC(=O)N[C@H](C(=O)N[C@@H](Cc1ccc(-c2ccccn2)cc1)C[C@H](O)[C@H](Cc1ccccc1)NC(=O)[C@@H](N(C)C(=O)O)C(C)(C)C)C(C)(C)C. The smallest absolute Gasteiger partial charge is 0.407 e. The Bertz CT molecular complexity index is 1590. The Morgan fingerprint density at radius 2 is 1.39 bits per heavy atom. The van der Waals surface area contributed by atoms with Crippen molar-refractivity contribution in [2.24, 2.45) is 10.8 Å². The van der Waals surface area contributed by atoms with E-state index in [4.69, 9.17) is 4.74 Å². The number of carbonyl (C=O) groups is 4. The molecule has 5 atom stereocenters. The van der Waals surface area contributed by atoms with E-state index in [9.17, 15) is 29.4 Å². The predicted octanol–water partition coefficient (Wildman–Crippen LogP) is 5.05. The number of methoxy groups -OCH3 is 1. The first kappa shape index (κ1) is 40.5. The standard InChI is InChI=1S/C39H53N5O7/c1-38(2,3)32(43-36(48)51-8)34(46)41-28(22-26-17-19-27(20-18-26)29-16-12-13-21-40-29)24-31(45)30(23-25-14-10-9-11-15-25)42-35(47)33(39(4,5)6)44(7)37(49)50/h9-21,28,30-33,45H,22-24H2,1-8H3,(H,41,46)(H,42,47)(H,43,48)(H,49,50)/t28-,30-,31-,32+,33+/m0/s1. The van der Waals surface area contributed by atoms with Crippen LogP contribution < -0.4 is 16.0 Å². The molecule has 0 radical (unpaired) electrons. The lowest BCUT2D eigenvalue weighted by atomic mass is 9.84. The minimum absolute atomic E-state index is 0.0234. The molecule has 276 valence electrons. The summed E-state index contributed by atoms with van der Waals surface area (Å²) in [6.07, 6.45) is -0.875. The van der Waals surface area contributed by atoms with Crippen LogP contribution in [0.4, 0.5) is 9.59 Å². The molecule has 12 nitrogen and oxygen atoms in total. The van der Waals surface area contributed by atoms with Crippen LogP contribution >= 0.6 is 0 Å². The third-order valence-electron chi connectivity index (χ3n) is 8.69. The first-order valence-electron chi connectivity index (χ1n) is 17.0. The first-order valence-corrected chi connectivity index (χ1v) is 17.0. The van der Waals surface area contributed by atoms with E-state index in [0.29, 0.717) is 6.42 Å². The quantitative estimate of drug-likeness (QED) is 0.155. The van der Waals surface area contributed by atoms with Crippen LogP contribution in [-0.2, 0) is 27.2 Å². The summed E-state index contributed by atoms with van der Waals surface area (Å²) in [5.74, 6) is -1.01. The maximum Gasteiger partial charge on any atom is 0.407 e. The Morgan fingerprint density at radius 1 is 0.784 bits per heavy atom. The van der Waals surface area contributed by atoms with E-state index in [-0.39, 0.29) is 12.8 Å². The molecular weight excluding hydrogens is 650 g/mol. The number of aliphatic hydroxyl groups is 1. The highest BCUT2D eigenvalue weighted by atomic mass is 16.5. The van der Waals surface area contributed by atoms with Crippen LogP contribution in [-0.4, -0.2) is 88.5 Å². The zero-order chi connectivity index (χ0) is 37.9. The van der Waals surface area contributed by atoms with E-state index >= 15 is 0 Å². The van der Waals surface area contributed by atoms with Crippen molar-refractivity contribution in [3.63, 3.8) is 0 Å². The van der Waals surface area contributed by atoms with Gasteiger partial charge in [0.05, 0.1) is 24.9 Å².